The van der Waals surface area contributed by atoms with Gasteiger partial charge in [0.25, 0.3) is 0 Å². The van der Waals surface area contributed by atoms with Crippen molar-refractivity contribution in [3.63, 3.8) is 0 Å². The fourth-order valence-corrected chi connectivity index (χ4v) is 1.32. The molecule has 0 aliphatic carbocycles. The Labute approximate surface area is 78.0 Å². The molecule has 3 nitrogen and oxygen atoms in total. The Balaban J connectivity index is 2.30. The van der Waals surface area contributed by atoms with Crippen LogP contribution in [0.1, 0.15) is 19.3 Å². The molecule has 72 valence electrons. The van der Waals surface area contributed by atoms with Gasteiger partial charge in [-0.15, -0.1) is 0 Å². The monoisotopic (exact) mass is 182 g/mol. The van der Waals surface area contributed by atoms with Crippen LogP contribution in [0, 0.1) is 0 Å². The molecule has 1 heterocycles. The number of ether oxygens (including phenoxy) is 2. The van der Waals surface area contributed by atoms with Crippen LogP contribution >= 0.6 is 0 Å². The van der Waals surface area contributed by atoms with E-state index in [1.54, 1.807) is 0 Å². The zero-order valence-corrected chi connectivity index (χ0v) is 7.62. The highest BCUT2D eigenvalue weighted by Crippen LogP contribution is 2.19. The Hall–Kier alpha value is -1.09. The van der Waals surface area contributed by atoms with Gasteiger partial charge in [0.05, 0.1) is 12.4 Å². The summed E-state index contributed by atoms with van der Waals surface area (Å²) in [5.41, 5.74) is 0.451. The number of hydrogen-bond acceptors (Lipinski definition) is 3. The third kappa shape index (κ3) is 3.03. The first kappa shape index (κ1) is 9.99. The first-order valence-corrected chi connectivity index (χ1v) is 4.35. The predicted molar refractivity (Wildman–Crippen MR) is 49.0 cm³/mol. The Morgan fingerprint density at radius 3 is 3.00 bits per heavy atom. The minimum atomic E-state index is -0.412. The Bertz CT molecular complexity index is 214. The highest BCUT2D eigenvalue weighted by Gasteiger charge is 2.19. The third-order valence-electron chi connectivity index (χ3n) is 1.98. The van der Waals surface area contributed by atoms with Gasteiger partial charge in [0.1, 0.15) is 0 Å². The van der Waals surface area contributed by atoms with Gasteiger partial charge in [0.2, 0.25) is 0 Å². The van der Waals surface area contributed by atoms with Crippen LogP contribution in [0.5, 0.6) is 0 Å². The lowest BCUT2D eigenvalue weighted by molar-refractivity contribution is -0.134. The van der Waals surface area contributed by atoms with E-state index in [1.807, 2.05) is 0 Å². The molecule has 1 unspecified atom stereocenters. The van der Waals surface area contributed by atoms with E-state index in [1.165, 1.54) is 0 Å². The van der Waals surface area contributed by atoms with Gasteiger partial charge in [-0.1, -0.05) is 13.2 Å². The fraction of sp³-hybridized carbons (Fsp3) is 0.500. The van der Waals surface area contributed by atoms with E-state index >= 15 is 0 Å². The summed E-state index contributed by atoms with van der Waals surface area (Å²) in [5, 5.41) is 0. The Kier molecular flexibility index (Phi) is 3.71. The molecule has 1 saturated heterocycles. The van der Waals surface area contributed by atoms with E-state index < -0.39 is 5.97 Å². The van der Waals surface area contributed by atoms with E-state index in [2.05, 4.69) is 17.9 Å². The highest BCUT2D eigenvalue weighted by molar-refractivity contribution is 5.88. The number of hydrogen-bond donors (Lipinski definition) is 0. The zero-order chi connectivity index (χ0) is 9.68. The van der Waals surface area contributed by atoms with Crippen molar-refractivity contribution in [1.82, 2.24) is 0 Å². The summed E-state index contributed by atoms with van der Waals surface area (Å²) in [5.74, 6) is -0.412. The maximum Gasteiger partial charge on any atom is 0.338 e. The highest BCUT2D eigenvalue weighted by atomic mass is 16.5. The molecule has 3 heteroatoms. The number of carbonyl (C=O) groups is 1. The standard InChI is InChI=1S/C10H14O3/c1-3-12-10(11)8(2)7-9-5-4-6-13-9/h3,9H,1-2,4-7H2. The Morgan fingerprint density at radius 2 is 2.46 bits per heavy atom. The topological polar surface area (TPSA) is 35.5 Å². The van der Waals surface area contributed by atoms with Crippen molar-refractivity contribution in [2.75, 3.05) is 6.61 Å². The molecule has 1 aliphatic heterocycles. The minimum absolute atomic E-state index is 0.143. The average Bonchev–Trinajstić information content (AvgIpc) is 2.57. The van der Waals surface area contributed by atoms with E-state index in [0.29, 0.717) is 12.0 Å². The van der Waals surface area contributed by atoms with Gasteiger partial charge in [-0.05, 0) is 12.8 Å². The summed E-state index contributed by atoms with van der Waals surface area (Å²) in [4.78, 5) is 11.1. The number of esters is 1. The van der Waals surface area contributed by atoms with Crippen molar-refractivity contribution in [3.8, 4) is 0 Å². The molecule has 1 aliphatic rings. The second-order valence-corrected chi connectivity index (χ2v) is 3.01. The molecule has 0 aromatic rings. The van der Waals surface area contributed by atoms with Crippen LogP contribution in [-0.2, 0) is 14.3 Å². The molecule has 13 heavy (non-hydrogen) atoms. The van der Waals surface area contributed by atoms with Crippen LogP contribution in [0.3, 0.4) is 0 Å². The summed E-state index contributed by atoms with van der Waals surface area (Å²) in [7, 11) is 0. The van der Waals surface area contributed by atoms with Crippen LogP contribution in [0.2, 0.25) is 0 Å². The number of rotatable bonds is 4. The molecule has 0 aromatic heterocycles. The van der Waals surface area contributed by atoms with Gasteiger partial charge < -0.3 is 9.47 Å². The molecule has 1 fully saturated rings. The lowest BCUT2D eigenvalue weighted by atomic mass is 10.1. The van der Waals surface area contributed by atoms with Crippen molar-refractivity contribution >= 4 is 5.97 Å². The first-order chi connectivity index (χ1) is 6.24. The van der Waals surface area contributed by atoms with Crippen LogP contribution in [0.25, 0.3) is 0 Å². The third-order valence-corrected chi connectivity index (χ3v) is 1.98. The van der Waals surface area contributed by atoms with Crippen LogP contribution < -0.4 is 0 Å². The van der Waals surface area contributed by atoms with E-state index in [0.717, 1.165) is 25.7 Å². The Morgan fingerprint density at radius 1 is 1.69 bits per heavy atom. The van der Waals surface area contributed by atoms with Gasteiger partial charge in [-0.2, -0.15) is 0 Å². The largest absolute Gasteiger partial charge is 0.432 e. The maximum absolute atomic E-state index is 11.1. The zero-order valence-electron chi connectivity index (χ0n) is 7.62. The molecule has 0 bridgehead atoms. The molecule has 0 saturated carbocycles. The van der Waals surface area contributed by atoms with Crippen molar-refractivity contribution in [1.29, 1.82) is 0 Å². The van der Waals surface area contributed by atoms with Crippen molar-refractivity contribution in [2.45, 2.75) is 25.4 Å². The van der Waals surface area contributed by atoms with E-state index in [4.69, 9.17) is 4.74 Å². The number of carbonyl (C=O) groups excluding carboxylic acids is 1. The molecule has 0 aromatic carbocycles. The minimum Gasteiger partial charge on any atom is -0.432 e. The first-order valence-electron chi connectivity index (χ1n) is 4.35. The smallest absolute Gasteiger partial charge is 0.338 e. The maximum atomic E-state index is 11.1. The van der Waals surface area contributed by atoms with E-state index in [9.17, 15) is 4.79 Å². The molecule has 0 amide bonds. The van der Waals surface area contributed by atoms with Crippen molar-refractivity contribution < 1.29 is 14.3 Å². The van der Waals surface area contributed by atoms with Crippen molar-refractivity contribution in [3.05, 3.63) is 25.0 Å². The molecule has 0 spiro atoms. The second-order valence-electron chi connectivity index (χ2n) is 3.01. The lowest BCUT2D eigenvalue weighted by Crippen LogP contribution is -2.11. The predicted octanol–water partition coefficient (Wildman–Crippen LogP) is 1.80. The van der Waals surface area contributed by atoms with Crippen molar-refractivity contribution in [2.24, 2.45) is 0 Å². The van der Waals surface area contributed by atoms with Crippen LogP contribution in [0.15, 0.2) is 25.0 Å². The molecular formula is C10H14O3. The summed E-state index contributed by atoms with van der Waals surface area (Å²) in [6, 6.07) is 0. The van der Waals surface area contributed by atoms with Crippen LogP contribution in [-0.4, -0.2) is 18.7 Å². The van der Waals surface area contributed by atoms with Gasteiger partial charge >= 0.3 is 5.97 Å². The second kappa shape index (κ2) is 4.82. The van der Waals surface area contributed by atoms with Gasteiger partial charge in [0.15, 0.2) is 0 Å². The summed E-state index contributed by atoms with van der Waals surface area (Å²) >= 11 is 0. The quantitative estimate of drug-likeness (QED) is 0.378. The summed E-state index contributed by atoms with van der Waals surface area (Å²) in [6.07, 6.45) is 3.88. The summed E-state index contributed by atoms with van der Waals surface area (Å²) in [6.45, 7) is 7.72. The molecule has 1 rings (SSSR count). The van der Waals surface area contributed by atoms with Gasteiger partial charge in [0, 0.05) is 18.6 Å². The fourth-order valence-electron chi connectivity index (χ4n) is 1.32. The molecule has 0 N–H and O–H groups in total. The SMILES string of the molecule is C=COC(=O)C(=C)CC1CCCO1. The summed E-state index contributed by atoms with van der Waals surface area (Å²) < 4.78 is 9.94. The molecule has 0 radical (unpaired) electrons. The normalized spacial score (nSPS) is 21.1. The van der Waals surface area contributed by atoms with E-state index in [-0.39, 0.29) is 6.10 Å². The molecular weight excluding hydrogens is 168 g/mol. The van der Waals surface area contributed by atoms with Gasteiger partial charge in [-0.3, -0.25) is 0 Å². The van der Waals surface area contributed by atoms with Crippen LogP contribution in [0.4, 0.5) is 0 Å². The van der Waals surface area contributed by atoms with Gasteiger partial charge in [-0.25, -0.2) is 4.79 Å². The lowest BCUT2D eigenvalue weighted by Gasteiger charge is -2.09. The molecule has 1 atom stereocenters. The average molecular weight is 182 g/mol.